The van der Waals surface area contributed by atoms with Gasteiger partial charge in [0, 0.05) is 5.69 Å². The van der Waals surface area contributed by atoms with Crippen LogP contribution in [0.15, 0.2) is 24.3 Å². The van der Waals surface area contributed by atoms with E-state index in [1.165, 1.54) is 24.3 Å². The van der Waals surface area contributed by atoms with Crippen LogP contribution in [0.25, 0.3) is 0 Å². The zero-order valence-corrected chi connectivity index (χ0v) is 8.52. The van der Waals surface area contributed by atoms with E-state index < -0.39 is 24.9 Å². The molecule has 0 aliphatic carbocycles. The first-order chi connectivity index (χ1) is 7.97. The third kappa shape index (κ3) is 4.92. The van der Waals surface area contributed by atoms with E-state index >= 15 is 0 Å². The van der Waals surface area contributed by atoms with Crippen molar-refractivity contribution < 1.29 is 28.2 Å². The van der Waals surface area contributed by atoms with E-state index in [2.05, 4.69) is 10.1 Å². The van der Waals surface area contributed by atoms with Crippen LogP contribution in [0, 0.1) is 0 Å². The number of ether oxygens (including phenoxy) is 1. The van der Waals surface area contributed by atoms with Crippen molar-refractivity contribution in [1.29, 1.82) is 0 Å². The molecule has 2 N–H and O–H groups in total. The lowest BCUT2D eigenvalue weighted by Crippen LogP contribution is -2.15. The molecule has 1 aromatic rings. The molecule has 92 valence electrons. The summed E-state index contributed by atoms with van der Waals surface area (Å²) in [5.41, 5.74) is 0.304. The Labute approximate surface area is 95.0 Å². The number of anilines is 1. The fourth-order valence-electron chi connectivity index (χ4n) is 1.06. The Hall–Kier alpha value is -2.18. The molecular formula is C10H9F2NO4. The Morgan fingerprint density at radius 2 is 1.88 bits per heavy atom. The Balaban J connectivity index is 2.56. The van der Waals surface area contributed by atoms with Gasteiger partial charge in [0.1, 0.15) is 12.2 Å². The molecule has 0 unspecified atom stereocenters. The first-order valence-corrected chi connectivity index (χ1v) is 4.54. The highest BCUT2D eigenvalue weighted by atomic mass is 19.3. The van der Waals surface area contributed by atoms with E-state index in [9.17, 15) is 18.4 Å². The molecule has 0 radical (unpaired) electrons. The molecule has 0 atom stereocenters. The number of carbonyl (C=O) groups excluding carboxylic acids is 1. The number of amides is 1. The van der Waals surface area contributed by atoms with Crippen molar-refractivity contribution in [1.82, 2.24) is 0 Å². The van der Waals surface area contributed by atoms with Crippen molar-refractivity contribution in [3.8, 4) is 5.75 Å². The highest BCUT2D eigenvalue weighted by molar-refractivity contribution is 6.01. The maximum atomic E-state index is 11.8. The van der Waals surface area contributed by atoms with Crippen LogP contribution in [0.2, 0.25) is 0 Å². The Morgan fingerprint density at radius 3 is 2.35 bits per heavy atom. The Morgan fingerprint density at radius 1 is 1.29 bits per heavy atom. The first-order valence-electron chi connectivity index (χ1n) is 4.54. The van der Waals surface area contributed by atoms with E-state index in [4.69, 9.17) is 5.11 Å². The standard InChI is InChI=1S/C10H9F2NO4/c11-10(12)17-7-3-1-6(2-4-7)13-8(14)5-9(15)16/h1-4,10H,5H2,(H,13,14)(H,15,16). The molecular weight excluding hydrogens is 236 g/mol. The van der Waals surface area contributed by atoms with Gasteiger partial charge in [0.25, 0.3) is 0 Å². The third-order valence-corrected chi connectivity index (χ3v) is 1.68. The monoisotopic (exact) mass is 245 g/mol. The maximum absolute atomic E-state index is 11.8. The van der Waals surface area contributed by atoms with E-state index in [-0.39, 0.29) is 5.75 Å². The van der Waals surface area contributed by atoms with Gasteiger partial charge in [-0.3, -0.25) is 9.59 Å². The lowest BCUT2D eigenvalue weighted by Gasteiger charge is -2.06. The van der Waals surface area contributed by atoms with Crippen molar-refractivity contribution in [3.63, 3.8) is 0 Å². The van der Waals surface area contributed by atoms with Crippen LogP contribution < -0.4 is 10.1 Å². The van der Waals surface area contributed by atoms with Gasteiger partial charge in [-0.15, -0.1) is 0 Å². The molecule has 1 rings (SSSR count). The van der Waals surface area contributed by atoms with Crippen LogP contribution in [-0.2, 0) is 9.59 Å². The number of carbonyl (C=O) groups is 2. The lowest BCUT2D eigenvalue weighted by atomic mass is 10.3. The molecule has 0 fully saturated rings. The average Bonchev–Trinajstić information content (AvgIpc) is 2.18. The second-order valence-electron chi connectivity index (χ2n) is 3.02. The van der Waals surface area contributed by atoms with Gasteiger partial charge < -0.3 is 15.2 Å². The molecule has 7 heteroatoms. The number of hydrogen-bond donors (Lipinski definition) is 2. The largest absolute Gasteiger partial charge is 0.481 e. The van der Waals surface area contributed by atoms with Crippen LogP contribution in [0.4, 0.5) is 14.5 Å². The van der Waals surface area contributed by atoms with Gasteiger partial charge in [-0.2, -0.15) is 8.78 Å². The van der Waals surface area contributed by atoms with E-state index in [1.807, 2.05) is 0 Å². The normalized spacial score (nSPS) is 10.1. The van der Waals surface area contributed by atoms with Crippen LogP contribution in [-0.4, -0.2) is 23.6 Å². The predicted octanol–water partition coefficient (Wildman–Crippen LogP) is 1.70. The number of alkyl halides is 2. The van der Waals surface area contributed by atoms with Gasteiger partial charge in [-0.25, -0.2) is 0 Å². The number of nitrogens with one attached hydrogen (secondary N) is 1. The van der Waals surface area contributed by atoms with Gasteiger partial charge in [0.05, 0.1) is 0 Å². The summed E-state index contributed by atoms with van der Waals surface area (Å²) < 4.78 is 27.7. The van der Waals surface area contributed by atoms with Crippen molar-refractivity contribution >= 4 is 17.6 Å². The molecule has 0 spiro atoms. The third-order valence-electron chi connectivity index (χ3n) is 1.68. The summed E-state index contributed by atoms with van der Waals surface area (Å²) in [6.07, 6.45) is -0.657. The van der Waals surface area contributed by atoms with Crippen LogP contribution >= 0.6 is 0 Å². The zero-order valence-electron chi connectivity index (χ0n) is 8.52. The van der Waals surface area contributed by atoms with Gasteiger partial charge in [0.2, 0.25) is 5.91 Å². The molecule has 0 aromatic heterocycles. The molecule has 0 aliphatic rings. The number of carboxylic acid groups (broad SMARTS) is 1. The summed E-state index contributed by atoms with van der Waals surface area (Å²) in [4.78, 5) is 21.3. The fourth-order valence-corrected chi connectivity index (χ4v) is 1.06. The second-order valence-corrected chi connectivity index (χ2v) is 3.02. The molecule has 5 nitrogen and oxygen atoms in total. The number of aliphatic carboxylic acids is 1. The molecule has 0 heterocycles. The topological polar surface area (TPSA) is 75.6 Å². The summed E-state index contributed by atoms with van der Waals surface area (Å²) in [6, 6.07) is 5.14. The van der Waals surface area contributed by atoms with Crippen LogP contribution in [0.1, 0.15) is 6.42 Å². The number of carboxylic acids is 1. The summed E-state index contributed by atoms with van der Waals surface area (Å²) in [5, 5.41) is 10.6. The second kappa shape index (κ2) is 5.78. The number of rotatable bonds is 5. The molecule has 0 bridgehead atoms. The first kappa shape index (κ1) is 12.9. The minimum Gasteiger partial charge on any atom is -0.481 e. The molecule has 1 aromatic carbocycles. The minimum atomic E-state index is -2.91. The summed E-state index contributed by atoms with van der Waals surface area (Å²) >= 11 is 0. The van der Waals surface area contributed by atoms with Crippen molar-refractivity contribution in [2.24, 2.45) is 0 Å². The van der Waals surface area contributed by atoms with Gasteiger partial charge in [0.15, 0.2) is 0 Å². The molecule has 0 saturated heterocycles. The predicted molar refractivity (Wildman–Crippen MR) is 54.0 cm³/mol. The quantitative estimate of drug-likeness (QED) is 0.774. The minimum absolute atomic E-state index is 0.0452. The van der Waals surface area contributed by atoms with Crippen LogP contribution in [0.5, 0.6) is 5.75 Å². The summed E-state index contributed by atoms with van der Waals surface area (Å²) in [5.74, 6) is -1.99. The molecule has 17 heavy (non-hydrogen) atoms. The van der Waals surface area contributed by atoms with Crippen LogP contribution in [0.3, 0.4) is 0 Å². The molecule has 1 amide bonds. The number of halogens is 2. The van der Waals surface area contributed by atoms with E-state index in [1.54, 1.807) is 0 Å². The van der Waals surface area contributed by atoms with Gasteiger partial charge in [-0.1, -0.05) is 0 Å². The molecule has 0 aliphatic heterocycles. The summed E-state index contributed by atoms with van der Waals surface area (Å²) in [7, 11) is 0. The SMILES string of the molecule is O=C(O)CC(=O)Nc1ccc(OC(F)F)cc1. The van der Waals surface area contributed by atoms with Gasteiger partial charge >= 0.3 is 12.6 Å². The number of hydrogen-bond acceptors (Lipinski definition) is 3. The van der Waals surface area contributed by atoms with E-state index in [0.29, 0.717) is 5.69 Å². The van der Waals surface area contributed by atoms with Crippen molar-refractivity contribution in [2.45, 2.75) is 13.0 Å². The maximum Gasteiger partial charge on any atom is 0.387 e. The lowest BCUT2D eigenvalue weighted by molar-refractivity contribution is -0.139. The Bertz CT molecular complexity index is 405. The number of benzene rings is 1. The smallest absolute Gasteiger partial charge is 0.387 e. The van der Waals surface area contributed by atoms with Crippen molar-refractivity contribution in [3.05, 3.63) is 24.3 Å². The van der Waals surface area contributed by atoms with Crippen molar-refractivity contribution in [2.75, 3.05) is 5.32 Å². The molecule has 0 saturated carbocycles. The summed E-state index contributed by atoms with van der Waals surface area (Å²) in [6.45, 7) is -2.91. The zero-order chi connectivity index (χ0) is 12.8. The van der Waals surface area contributed by atoms with Gasteiger partial charge in [-0.05, 0) is 24.3 Å². The highest BCUT2D eigenvalue weighted by Crippen LogP contribution is 2.17. The van der Waals surface area contributed by atoms with E-state index in [0.717, 1.165) is 0 Å². The Kier molecular flexibility index (Phi) is 4.38. The highest BCUT2D eigenvalue weighted by Gasteiger charge is 2.08. The fraction of sp³-hybridized carbons (Fsp3) is 0.200. The average molecular weight is 245 g/mol.